The molecule has 1 atom stereocenters. The zero-order valence-electron chi connectivity index (χ0n) is 15.9. The van der Waals surface area contributed by atoms with E-state index in [1.807, 2.05) is 30.3 Å². The second-order valence-corrected chi connectivity index (χ2v) is 7.66. The molecule has 152 valence electrons. The molecule has 1 aliphatic rings. The van der Waals surface area contributed by atoms with Crippen LogP contribution in [0.3, 0.4) is 0 Å². The first-order valence-electron chi connectivity index (χ1n) is 9.19. The summed E-state index contributed by atoms with van der Waals surface area (Å²) in [6.45, 7) is 1.46. The zero-order chi connectivity index (χ0) is 21.3. The second kappa shape index (κ2) is 8.16. The van der Waals surface area contributed by atoms with E-state index in [9.17, 15) is 18.4 Å². The van der Waals surface area contributed by atoms with Crippen LogP contribution in [0.5, 0.6) is 0 Å². The predicted molar refractivity (Wildman–Crippen MR) is 111 cm³/mol. The molecular formula is C22H17F2N3O2S. The summed E-state index contributed by atoms with van der Waals surface area (Å²) in [6.07, 6.45) is 3.59. The molecule has 4 rings (SSSR count). The lowest BCUT2D eigenvalue weighted by Crippen LogP contribution is -2.33. The van der Waals surface area contributed by atoms with Crippen LogP contribution in [0.2, 0.25) is 0 Å². The minimum atomic E-state index is -0.959. The standard InChI is InChI=1S/C22H17F2N3O2S/c1-13(28)27-9-8-14-4-2-3-5-16(14)20(27)11-21(29)26-22-25-19(12-30-22)15-6-7-17(23)18(24)10-15/h2-10,12,20H,11H2,1H3,(H,25,26,29)/t20-/m1/s1. The van der Waals surface area contributed by atoms with Gasteiger partial charge < -0.3 is 10.2 Å². The van der Waals surface area contributed by atoms with Gasteiger partial charge in [-0.1, -0.05) is 24.3 Å². The number of hydrogen-bond donors (Lipinski definition) is 1. The summed E-state index contributed by atoms with van der Waals surface area (Å²) in [7, 11) is 0. The van der Waals surface area contributed by atoms with E-state index in [0.29, 0.717) is 16.4 Å². The number of nitrogens with zero attached hydrogens (tertiary/aromatic N) is 2. The summed E-state index contributed by atoms with van der Waals surface area (Å²) in [5, 5.41) is 4.73. The number of aromatic nitrogens is 1. The van der Waals surface area contributed by atoms with Crippen LogP contribution in [0.4, 0.5) is 13.9 Å². The number of carbonyl (C=O) groups is 2. The van der Waals surface area contributed by atoms with Crippen LogP contribution in [0.1, 0.15) is 30.5 Å². The number of rotatable bonds is 4. The third-order valence-electron chi connectivity index (χ3n) is 4.81. The molecule has 30 heavy (non-hydrogen) atoms. The number of fused-ring (bicyclic) bond motifs is 1. The molecule has 0 aliphatic carbocycles. The molecule has 0 bridgehead atoms. The fraction of sp³-hybridized carbons (Fsp3) is 0.136. The van der Waals surface area contributed by atoms with Gasteiger partial charge in [0.1, 0.15) is 0 Å². The molecule has 0 saturated heterocycles. The fourth-order valence-corrected chi connectivity index (χ4v) is 4.11. The molecule has 0 spiro atoms. The van der Waals surface area contributed by atoms with E-state index in [1.165, 1.54) is 29.2 Å². The van der Waals surface area contributed by atoms with E-state index < -0.39 is 17.7 Å². The lowest BCUT2D eigenvalue weighted by atomic mass is 9.93. The molecular weight excluding hydrogens is 408 g/mol. The average Bonchev–Trinajstić information content (AvgIpc) is 3.18. The maximum Gasteiger partial charge on any atom is 0.228 e. The molecule has 0 saturated carbocycles. The number of amides is 2. The van der Waals surface area contributed by atoms with Gasteiger partial charge in [-0.2, -0.15) is 0 Å². The minimum absolute atomic E-state index is 0.0566. The second-order valence-electron chi connectivity index (χ2n) is 6.81. The van der Waals surface area contributed by atoms with E-state index in [-0.39, 0.29) is 18.2 Å². The van der Waals surface area contributed by atoms with Crippen LogP contribution in [0, 0.1) is 11.6 Å². The largest absolute Gasteiger partial charge is 0.311 e. The quantitative estimate of drug-likeness (QED) is 0.641. The van der Waals surface area contributed by atoms with Crippen LogP contribution in [-0.4, -0.2) is 21.7 Å². The van der Waals surface area contributed by atoms with Crippen molar-refractivity contribution in [3.63, 3.8) is 0 Å². The Morgan fingerprint density at radius 2 is 1.97 bits per heavy atom. The molecule has 1 N–H and O–H groups in total. The zero-order valence-corrected chi connectivity index (χ0v) is 16.7. The summed E-state index contributed by atoms with van der Waals surface area (Å²) in [4.78, 5) is 30.6. The van der Waals surface area contributed by atoms with Crippen molar-refractivity contribution in [1.29, 1.82) is 0 Å². The summed E-state index contributed by atoms with van der Waals surface area (Å²) >= 11 is 1.18. The van der Waals surface area contributed by atoms with Crippen molar-refractivity contribution in [3.05, 3.63) is 76.8 Å². The van der Waals surface area contributed by atoms with Crippen molar-refractivity contribution in [2.75, 3.05) is 5.32 Å². The molecule has 3 aromatic rings. The highest BCUT2D eigenvalue weighted by Crippen LogP contribution is 2.33. The van der Waals surface area contributed by atoms with Crippen LogP contribution in [0.15, 0.2) is 54.0 Å². The Labute approximate surface area is 175 Å². The van der Waals surface area contributed by atoms with Gasteiger partial charge in [0.2, 0.25) is 11.8 Å². The third-order valence-corrected chi connectivity index (χ3v) is 5.57. The smallest absolute Gasteiger partial charge is 0.228 e. The lowest BCUT2D eigenvalue weighted by molar-refractivity contribution is -0.129. The lowest BCUT2D eigenvalue weighted by Gasteiger charge is -2.32. The molecule has 0 unspecified atom stereocenters. The minimum Gasteiger partial charge on any atom is -0.311 e. The monoisotopic (exact) mass is 425 g/mol. The van der Waals surface area contributed by atoms with Crippen LogP contribution in [0.25, 0.3) is 17.3 Å². The van der Waals surface area contributed by atoms with Gasteiger partial charge in [-0.05, 0) is 35.4 Å². The van der Waals surface area contributed by atoms with Crippen molar-refractivity contribution in [2.24, 2.45) is 0 Å². The number of anilines is 1. The van der Waals surface area contributed by atoms with Gasteiger partial charge in [0.05, 0.1) is 18.2 Å². The van der Waals surface area contributed by atoms with Crippen LogP contribution in [-0.2, 0) is 9.59 Å². The van der Waals surface area contributed by atoms with Gasteiger partial charge in [-0.3, -0.25) is 9.59 Å². The molecule has 2 heterocycles. The summed E-state index contributed by atoms with van der Waals surface area (Å²) in [5.74, 6) is -2.35. The normalized spacial score (nSPS) is 15.0. The highest BCUT2D eigenvalue weighted by atomic mass is 32.1. The number of nitrogens with one attached hydrogen (secondary N) is 1. The summed E-state index contributed by atoms with van der Waals surface area (Å²) in [6, 6.07) is 10.7. The molecule has 8 heteroatoms. The topological polar surface area (TPSA) is 62.3 Å². The van der Waals surface area contributed by atoms with Gasteiger partial charge in [-0.15, -0.1) is 11.3 Å². The fourth-order valence-electron chi connectivity index (χ4n) is 3.38. The van der Waals surface area contributed by atoms with Gasteiger partial charge in [0.15, 0.2) is 16.8 Å². The van der Waals surface area contributed by atoms with Crippen molar-refractivity contribution >= 4 is 34.4 Å². The third kappa shape index (κ3) is 3.99. The van der Waals surface area contributed by atoms with Crippen molar-refractivity contribution in [3.8, 4) is 11.3 Å². The summed E-state index contributed by atoms with van der Waals surface area (Å²) < 4.78 is 26.6. The summed E-state index contributed by atoms with van der Waals surface area (Å²) in [5.41, 5.74) is 2.71. The van der Waals surface area contributed by atoms with Crippen molar-refractivity contribution in [2.45, 2.75) is 19.4 Å². The van der Waals surface area contributed by atoms with E-state index in [0.717, 1.165) is 23.3 Å². The Bertz CT molecular complexity index is 1160. The number of hydrogen-bond acceptors (Lipinski definition) is 4. The highest BCUT2D eigenvalue weighted by molar-refractivity contribution is 7.14. The Morgan fingerprint density at radius 3 is 2.73 bits per heavy atom. The first-order chi connectivity index (χ1) is 14.4. The van der Waals surface area contributed by atoms with Crippen LogP contribution < -0.4 is 5.32 Å². The predicted octanol–water partition coefficient (Wildman–Crippen LogP) is 4.99. The molecule has 2 aromatic carbocycles. The maximum atomic E-state index is 13.5. The molecule has 1 aromatic heterocycles. The van der Waals surface area contributed by atoms with Crippen molar-refractivity contribution in [1.82, 2.24) is 9.88 Å². The van der Waals surface area contributed by atoms with Gasteiger partial charge in [0, 0.05) is 24.1 Å². The molecule has 1 aliphatic heterocycles. The van der Waals surface area contributed by atoms with E-state index in [1.54, 1.807) is 11.6 Å². The molecule has 5 nitrogen and oxygen atoms in total. The number of halogens is 2. The van der Waals surface area contributed by atoms with Gasteiger partial charge in [0.25, 0.3) is 0 Å². The number of carbonyl (C=O) groups excluding carboxylic acids is 2. The Kier molecular flexibility index (Phi) is 5.41. The first-order valence-corrected chi connectivity index (χ1v) is 10.1. The van der Waals surface area contributed by atoms with Gasteiger partial charge in [-0.25, -0.2) is 13.8 Å². The van der Waals surface area contributed by atoms with Crippen molar-refractivity contribution < 1.29 is 18.4 Å². The molecule has 0 fully saturated rings. The maximum absolute atomic E-state index is 13.5. The first kappa shape index (κ1) is 19.9. The van der Waals surface area contributed by atoms with E-state index in [2.05, 4.69) is 10.3 Å². The van der Waals surface area contributed by atoms with E-state index in [4.69, 9.17) is 0 Å². The van der Waals surface area contributed by atoms with Crippen LogP contribution >= 0.6 is 11.3 Å². The molecule has 0 radical (unpaired) electrons. The molecule has 2 amide bonds. The Morgan fingerprint density at radius 1 is 1.17 bits per heavy atom. The van der Waals surface area contributed by atoms with E-state index >= 15 is 0 Å². The highest BCUT2D eigenvalue weighted by Gasteiger charge is 2.28. The average molecular weight is 425 g/mol. The Balaban J connectivity index is 1.50. The SMILES string of the molecule is CC(=O)N1C=Cc2ccccc2[C@H]1CC(=O)Nc1nc(-c2ccc(F)c(F)c2)cs1. The number of thiazole rings is 1. The number of benzene rings is 2. The Hall–Kier alpha value is -3.39. The van der Waals surface area contributed by atoms with Gasteiger partial charge >= 0.3 is 0 Å².